The second-order valence-electron chi connectivity index (χ2n) is 11.9. The molecular formula is C29H33N5O3. The van der Waals surface area contributed by atoms with Crippen LogP contribution in [-0.2, 0) is 0 Å². The van der Waals surface area contributed by atoms with E-state index in [-0.39, 0.29) is 17.4 Å². The summed E-state index contributed by atoms with van der Waals surface area (Å²) in [5.74, 6) is 0.782. The van der Waals surface area contributed by atoms with Crippen molar-refractivity contribution < 1.29 is 14.7 Å². The molecule has 1 aromatic heterocycles. The van der Waals surface area contributed by atoms with Gasteiger partial charge in [-0.3, -0.25) is 9.69 Å². The highest BCUT2D eigenvalue weighted by Gasteiger charge is 2.62. The number of aryl methyl sites for hydroxylation is 1. The summed E-state index contributed by atoms with van der Waals surface area (Å²) in [6.45, 7) is 9.49. The van der Waals surface area contributed by atoms with E-state index in [1.165, 1.54) is 0 Å². The Morgan fingerprint density at radius 2 is 1.92 bits per heavy atom. The van der Waals surface area contributed by atoms with Crippen LogP contribution in [0, 0.1) is 12.3 Å². The summed E-state index contributed by atoms with van der Waals surface area (Å²) in [6.07, 6.45) is 3.82. The fourth-order valence-corrected chi connectivity index (χ4v) is 6.20. The Hall–Kier alpha value is -3.68. The summed E-state index contributed by atoms with van der Waals surface area (Å²) in [7, 11) is 0. The maximum absolute atomic E-state index is 12.6. The number of fused-ring (bicyclic) bond motifs is 3. The monoisotopic (exact) mass is 499 g/mol. The number of hydrogen-bond donors (Lipinski definition) is 2. The lowest BCUT2D eigenvalue weighted by Gasteiger charge is -2.48. The minimum absolute atomic E-state index is 0.0232. The van der Waals surface area contributed by atoms with Gasteiger partial charge in [-0.05, 0) is 72.6 Å². The molecule has 2 aliphatic heterocycles. The number of piperazine rings is 1. The minimum Gasteiger partial charge on any atom is -0.465 e. The van der Waals surface area contributed by atoms with E-state index in [0.717, 1.165) is 52.5 Å². The second kappa shape index (κ2) is 8.16. The molecule has 3 aliphatic rings. The quantitative estimate of drug-likeness (QED) is 0.532. The van der Waals surface area contributed by atoms with Crippen molar-refractivity contribution in [3.05, 3.63) is 53.7 Å². The molecule has 192 valence electrons. The standard InChI is InChI=1S/C29H33N5O3/c1-17-5-6-19(26(35)31-21-8-9-21)12-24(17)18-7-10-23-20(11-18)14-30-32-25(23)33-16-29(28(2,3)4)13-22(33)15-34(29)27(36)37/h5-7,10-12,14,21-22H,8-9,13,15-16H2,1-4H3,(H,31,35)(H,36,37)/t22-,29+/m0/s1. The van der Waals surface area contributed by atoms with Crippen molar-refractivity contribution in [2.45, 2.75) is 64.6 Å². The number of aromatic nitrogens is 2. The highest BCUT2D eigenvalue weighted by Crippen LogP contribution is 2.51. The van der Waals surface area contributed by atoms with Crippen LogP contribution in [0.3, 0.4) is 0 Å². The third-order valence-electron chi connectivity index (χ3n) is 8.62. The molecule has 1 aliphatic carbocycles. The van der Waals surface area contributed by atoms with Gasteiger partial charge >= 0.3 is 6.09 Å². The zero-order valence-corrected chi connectivity index (χ0v) is 21.8. The molecule has 2 aromatic carbocycles. The van der Waals surface area contributed by atoms with Gasteiger partial charge < -0.3 is 15.3 Å². The van der Waals surface area contributed by atoms with Crippen molar-refractivity contribution in [3.8, 4) is 11.1 Å². The van der Waals surface area contributed by atoms with Gasteiger partial charge in [-0.1, -0.05) is 32.9 Å². The fraction of sp³-hybridized carbons (Fsp3) is 0.448. The molecule has 2 saturated heterocycles. The van der Waals surface area contributed by atoms with Crippen LogP contribution in [0.1, 0.15) is 56.0 Å². The second-order valence-corrected chi connectivity index (χ2v) is 11.9. The molecule has 2 N–H and O–H groups in total. The average Bonchev–Trinajstić information content (AvgIpc) is 3.46. The van der Waals surface area contributed by atoms with Gasteiger partial charge in [0.05, 0.1) is 17.8 Å². The number of hydrogen-bond acceptors (Lipinski definition) is 5. The molecule has 3 fully saturated rings. The van der Waals surface area contributed by atoms with Crippen molar-refractivity contribution >= 4 is 28.6 Å². The molecule has 37 heavy (non-hydrogen) atoms. The van der Waals surface area contributed by atoms with Crippen molar-refractivity contribution in [2.24, 2.45) is 5.41 Å². The third kappa shape index (κ3) is 3.81. The van der Waals surface area contributed by atoms with Crippen molar-refractivity contribution in [1.82, 2.24) is 20.4 Å². The maximum atomic E-state index is 12.6. The molecule has 2 amide bonds. The van der Waals surface area contributed by atoms with Crippen LogP contribution in [0.4, 0.5) is 10.6 Å². The van der Waals surface area contributed by atoms with E-state index in [1.807, 2.05) is 18.2 Å². The largest absolute Gasteiger partial charge is 0.465 e. The smallest absolute Gasteiger partial charge is 0.407 e. The van der Waals surface area contributed by atoms with E-state index < -0.39 is 11.6 Å². The van der Waals surface area contributed by atoms with Crippen molar-refractivity contribution in [3.63, 3.8) is 0 Å². The third-order valence-corrected chi connectivity index (χ3v) is 8.62. The molecule has 3 aromatic rings. The van der Waals surface area contributed by atoms with E-state index in [9.17, 15) is 14.7 Å². The lowest BCUT2D eigenvalue weighted by molar-refractivity contribution is 0.0362. The maximum Gasteiger partial charge on any atom is 0.407 e. The van der Waals surface area contributed by atoms with E-state index in [1.54, 1.807) is 11.1 Å². The van der Waals surface area contributed by atoms with Crippen LogP contribution >= 0.6 is 0 Å². The number of amides is 2. The molecule has 2 bridgehead atoms. The zero-order chi connectivity index (χ0) is 26.1. The molecule has 0 radical (unpaired) electrons. The Morgan fingerprint density at radius 3 is 2.62 bits per heavy atom. The Kier molecular flexibility index (Phi) is 5.23. The summed E-state index contributed by atoms with van der Waals surface area (Å²) in [5.41, 5.74) is 3.14. The minimum atomic E-state index is -0.853. The lowest BCUT2D eigenvalue weighted by Crippen LogP contribution is -2.61. The number of nitrogens with zero attached hydrogens (tertiary/aromatic N) is 4. The summed E-state index contributed by atoms with van der Waals surface area (Å²) in [4.78, 5) is 28.6. The number of benzene rings is 2. The molecular weight excluding hydrogens is 466 g/mol. The topological polar surface area (TPSA) is 98.7 Å². The predicted octanol–water partition coefficient (Wildman–Crippen LogP) is 4.85. The first-order valence-corrected chi connectivity index (χ1v) is 13.0. The normalized spacial score (nSPS) is 23.1. The molecule has 8 nitrogen and oxygen atoms in total. The summed E-state index contributed by atoms with van der Waals surface area (Å²) < 4.78 is 0. The van der Waals surface area contributed by atoms with Crippen LogP contribution in [0.5, 0.6) is 0 Å². The number of rotatable bonds is 4. The number of carboxylic acid groups (broad SMARTS) is 1. The summed E-state index contributed by atoms with van der Waals surface area (Å²) in [5, 5.41) is 23.8. The molecule has 0 unspecified atom stereocenters. The number of anilines is 1. The number of nitrogens with one attached hydrogen (secondary N) is 1. The van der Waals surface area contributed by atoms with Gasteiger partial charge in [-0.2, -0.15) is 5.10 Å². The molecule has 6 rings (SSSR count). The molecule has 0 spiro atoms. The molecule has 3 heterocycles. The van der Waals surface area contributed by atoms with Gasteiger partial charge in [0.25, 0.3) is 5.91 Å². The summed E-state index contributed by atoms with van der Waals surface area (Å²) >= 11 is 0. The van der Waals surface area contributed by atoms with Crippen molar-refractivity contribution in [1.29, 1.82) is 0 Å². The Balaban J connectivity index is 1.35. The van der Waals surface area contributed by atoms with Crippen LogP contribution in [-0.4, -0.2) is 62.9 Å². The van der Waals surface area contributed by atoms with Gasteiger partial charge in [0.15, 0.2) is 5.82 Å². The SMILES string of the molecule is Cc1ccc(C(=O)NC2CC2)cc1-c1ccc2c(N3C[C@@]4(C(C)(C)C)C[C@H]3CN4C(=O)O)nncc2c1. The van der Waals surface area contributed by atoms with Crippen LogP contribution < -0.4 is 10.2 Å². The van der Waals surface area contributed by atoms with E-state index in [2.05, 4.69) is 66.3 Å². The van der Waals surface area contributed by atoms with Crippen LogP contribution in [0.15, 0.2) is 42.6 Å². The Bertz CT molecular complexity index is 1430. The van der Waals surface area contributed by atoms with Crippen LogP contribution in [0.2, 0.25) is 0 Å². The first-order valence-electron chi connectivity index (χ1n) is 13.0. The number of carbonyl (C=O) groups is 2. The number of likely N-dealkylation sites (tertiary alicyclic amines) is 1. The Labute approximate surface area is 216 Å². The Morgan fingerprint density at radius 1 is 1.14 bits per heavy atom. The van der Waals surface area contributed by atoms with Gasteiger partial charge in [0, 0.05) is 35.5 Å². The highest BCUT2D eigenvalue weighted by atomic mass is 16.4. The summed E-state index contributed by atoms with van der Waals surface area (Å²) in [6, 6.07) is 12.5. The van der Waals surface area contributed by atoms with E-state index >= 15 is 0 Å². The van der Waals surface area contributed by atoms with Crippen LogP contribution in [0.25, 0.3) is 21.9 Å². The van der Waals surface area contributed by atoms with Gasteiger partial charge in [0.2, 0.25) is 0 Å². The van der Waals surface area contributed by atoms with E-state index in [0.29, 0.717) is 24.7 Å². The van der Waals surface area contributed by atoms with Crippen molar-refractivity contribution in [2.75, 3.05) is 18.0 Å². The van der Waals surface area contributed by atoms with Gasteiger partial charge in [0.1, 0.15) is 0 Å². The molecule has 2 atom stereocenters. The highest BCUT2D eigenvalue weighted by molar-refractivity contribution is 5.98. The average molecular weight is 500 g/mol. The number of carbonyl (C=O) groups excluding carboxylic acids is 1. The first-order chi connectivity index (χ1) is 17.6. The fourth-order valence-electron chi connectivity index (χ4n) is 6.20. The van der Waals surface area contributed by atoms with E-state index in [4.69, 9.17) is 0 Å². The first kappa shape index (κ1) is 23.7. The molecule has 1 saturated carbocycles. The molecule has 8 heteroatoms. The lowest BCUT2D eigenvalue weighted by atomic mass is 9.73. The predicted molar refractivity (Wildman–Crippen MR) is 143 cm³/mol. The van der Waals surface area contributed by atoms with Gasteiger partial charge in [-0.25, -0.2) is 4.79 Å². The van der Waals surface area contributed by atoms with Gasteiger partial charge in [-0.15, -0.1) is 5.10 Å². The zero-order valence-electron chi connectivity index (χ0n) is 21.8.